The lowest BCUT2D eigenvalue weighted by Gasteiger charge is -2.11. The molecule has 33 heavy (non-hydrogen) atoms. The highest BCUT2D eigenvalue weighted by atomic mass is 16.7. The van der Waals surface area contributed by atoms with Crippen molar-refractivity contribution in [2.24, 2.45) is 0 Å². The van der Waals surface area contributed by atoms with E-state index in [9.17, 15) is 4.79 Å². The third kappa shape index (κ3) is 3.91. The lowest BCUT2D eigenvalue weighted by Crippen LogP contribution is -2.08. The molecule has 0 bridgehead atoms. The summed E-state index contributed by atoms with van der Waals surface area (Å²) < 4.78 is 8.27. The number of fused-ring (bicyclic) bond motifs is 1. The van der Waals surface area contributed by atoms with E-state index in [2.05, 4.69) is 37.7 Å². The van der Waals surface area contributed by atoms with Gasteiger partial charge in [0.25, 0.3) is 0 Å². The zero-order valence-corrected chi connectivity index (χ0v) is 17.7. The molecule has 0 spiro atoms. The van der Waals surface area contributed by atoms with E-state index >= 15 is 0 Å². The highest BCUT2D eigenvalue weighted by molar-refractivity contribution is 5.80. The summed E-state index contributed by atoms with van der Waals surface area (Å²) >= 11 is 0. The summed E-state index contributed by atoms with van der Waals surface area (Å²) in [4.78, 5) is 11.1. The van der Waals surface area contributed by atoms with E-state index < -0.39 is 6.16 Å². The molecule has 0 unspecified atom stereocenters. The van der Waals surface area contributed by atoms with Crippen LogP contribution in [0.3, 0.4) is 0 Å². The lowest BCUT2D eigenvalue weighted by atomic mass is 9.98. The van der Waals surface area contributed by atoms with Gasteiger partial charge in [-0.05, 0) is 33.5 Å². The second-order valence-electron chi connectivity index (χ2n) is 7.43. The topological polar surface area (TPSA) is 136 Å². The van der Waals surface area contributed by atoms with Crippen LogP contribution in [0.4, 0.5) is 4.79 Å². The number of tetrazole rings is 1. The number of benzene rings is 2. The fraction of sp³-hybridized carbons (Fsp3) is 0.182. The van der Waals surface area contributed by atoms with Gasteiger partial charge in [-0.25, -0.2) is 9.89 Å². The van der Waals surface area contributed by atoms with Crippen molar-refractivity contribution in [2.75, 3.05) is 0 Å². The van der Waals surface area contributed by atoms with Crippen LogP contribution in [0.2, 0.25) is 0 Å². The molecule has 3 aromatic heterocycles. The fourth-order valence-electron chi connectivity index (χ4n) is 3.85. The number of hydrogen-bond acceptors (Lipinski definition) is 7. The van der Waals surface area contributed by atoms with E-state index in [4.69, 9.17) is 9.84 Å². The van der Waals surface area contributed by atoms with E-state index in [1.54, 1.807) is 0 Å². The molecule has 166 valence electrons. The molecule has 0 saturated heterocycles. The van der Waals surface area contributed by atoms with Crippen molar-refractivity contribution in [3.8, 4) is 28.3 Å². The first-order chi connectivity index (χ1) is 16.1. The van der Waals surface area contributed by atoms with Crippen LogP contribution in [0.5, 0.6) is 5.75 Å². The summed E-state index contributed by atoms with van der Waals surface area (Å²) in [6, 6.07) is 16.0. The maximum Gasteiger partial charge on any atom is 0.511 e. The lowest BCUT2D eigenvalue weighted by molar-refractivity contribution is 0.145. The molecule has 0 amide bonds. The van der Waals surface area contributed by atoms with Gasteiger partial charge in [-0.15, -0.1) is 14.8 Å². The fourth-order valence-corrected chi connectivity index (χ4v) is 3.85. The maximum atomic E-state index is 11.1. The number of hydrogen-bond donors (Lipinski definition) is 2. The van der Waals surface area contributed by atoms with Gasteiger partial charge in [-0.1, -0.05) is 55.5 Å². The van der Waals surface area contributed by atoms with Crippen LogP contribution in [0.1, 0.15) is 24.7 Å². The van der Waals surface area contributed by atoms with E-state index in [-0.39, 0.29) is 5.75 Å². The number of aromatic nitrogens is 8. The van der Waals surface area contributed by atoms with Gasteiger partial charge in [0, 0.05) is 12.0 Å². The average Bonchev–Trinajstić information content (AvgIpc) is 3.55. The molecule has 0 aliphatic heterocycles. The second-order valence-corrected chi connectivity index (χ2v) is 7.43. The minimum Gasteiger partial charge on any atom is -0.449 e. The van der Waals surface area contributed by atoms with Crippen molar-refractivity contribution in [1.29, 1.82) is 0 Å². The molecule has 11 heteroatoms. The largest absolute Gasteiger partial charge is 0.511 e. The Morgan fingerprint density at radius 3 is 2.61 bits per heavy atom. The van der Waals surface area contributed by atoms with Gasteiger partial charge in [0.15, 0.2) is 11.6 Å². The third-order valence-corrected chi connectivity index (χ3v) is 5.28. The molecule has 0 saturated carbocycles. The SMILES string of the molecule is CCCc1nn2ncc(OC(=O)O)c2n1Cc1ccc(-c2ccccc2-c2nnn[nH]2)cc1. The van der Waals surface area contributed by atoms with Gasteiger partial charge in [0.2, 0.25) is 5.65 Å². The summed E-state index contributed by atoms with van der Waals surface area (Å²) in [5.74, 6) is 1.57. The zero-order valence-electron chi connectivity index (χ0n) is 17.7. The Hall–Kier alpha value is -4.54. The van der Waals surface area contributed by atoms with Gasteiger partial charge in [-0.2, -0.15) is 5.10 Å². The number of nitrogens with zero attached hydrogens (tertiary/aromatic N) is 7. The average molecular weight is 444 g/mol. The number of ether oxygens (including phenoxy) is 1. The Balaban J connectivity index is 1.49. The second kappa shape index (κ2) is 8.54. The Labute approximate surface area is 187 Å². The van der Waals surface area contributed by atoms with Crippen LogP contribution in [0.15, 0.2) is 54.7 Å². The molecule has 0 aliphatic rings. The van der Waals surface area contributed by atoms with Crippen molar-refractivity contribution in [3.63, 3.8) is 0 Å². The predicted octanol–water partition coefficient (Wildman–Crippen LogP) is 3.44. The molecule has 2 aromatic carbocycles. The maximum absolute atomic E-state index is 11.1. The van der Waals surface area contributed by atoms with E-state index in [1.807, 2.05) is 53.1 Å². The monoisotopic (exact) mass is 444 g/mol. The predicted molar refractivity (Wildman–Crippen MR) is 118 cm³/mol. The summed E-state index contributed by atoms with van der Waals surface area (Å²) in [7, 11) is 0. The smallest absolute Gasteiger partial charge is 0.449 e. The van der Waals surface area contributed by atoms with Crippen LogP contribution in [-0.2, 0) is 13.0 Å². The van der Waals surface area contributed by atoms with Crippen molar-refractivity contribution < 1.29 is 14.6 Å². The number of H-pyrrole nitrogens is 1. The zero-order chi connectivity index (χ0) is 22.8. The minimum atomic E-state index is -1.39. The highest BCUT2D eigenvalue weighted by Gasteiger charge is 2.19. The quantitative estimate of drug-likeness (QED) is 0.364. The van der Waals surface area contributed by atoms with E-state index in [0.717, 1.165) is 40.9 Å². The summed E-state index contributed by atoms with van der Waals surface area (Å²) in [5, 5.41) is 31.9. The molecule has 0 atom stereocenters. The summed E-state index contributed by atoms with van der Waals surface area (Å²) in [5.41, 5.74) is 4.47. The molecule has 5 aromatic rings. The minimum absolute atomic E-state index is 0.156. The Bertz CT molecular complexity index is 1400. The Morgan fingerprint density at radius 1 is 1.12 bits per heavy atom. The van der Waals surface area contributed by atoms with E-state index in [0.29, 0.717) is 18.0 Å². The standard InChI is InChI=1S/C22H20N8O3/c1-2-5-19-26-30-21(18(12-23-30)33-22(31)32)29(19)13-14-8-10-15(11-9-14)16-6-3-4-7-17(16)20-24-27-28-25-20/h3-4,6-12H,2,5,13H2,1H3,(H,31,32)(H,24,25,27,28). The van der Waals surface area contributed by atoms with Crippen molar-refractivity contribution in [3.05, 3.63) is 66.1 Å². The first-order valence-corrected chi connectivity index (χ1v) is 10.4. The molecule has 0 fully saturated rings. The van der Waals surface area contributed by atoms with E-state index in [1.165, 1.54) is 10.8 Å². The van der Waals surface area contributed by atoms with Crippen molar-refractivity contribution in [2.45, 2.75) is 26.3 Å². The first kappa shape index (κ1) is 20.4. The molecular formula is C22H20N8O3. The van der Waals surface area contributed by atoms with Crippen molar-refractivity contribution in [1.82, 2.24) is 40.0 Å². The van der Waals surface area contributed by atoms with Crippen LogP contribution in [0.25, 0.3) is 28.2 Å². The number of nitrogens with one attached hydrogen (secondary N) is 1. The molecular weight excluding hydrogens is 424 g/mol. The molecule has 0 radical (unpaired) electrons. The molecule has 11 nitrogen and oxygen atoms in total. The Morgan fingerprint density at radius 2 is 1.91 bits per heavy atom. The normalized spacial score (nSPS) is 11.2. The summed E-state index contributed by atoms with van der Waals surface area (Å²) in [6.45, 7) is 2.56. The number of rotatable bonds is 7. The third-order valence-electron chi connectivity index (χ3n) is 5.28. The molecule has 0 aliphatic carbocycles. The van der Waals surface area contributed by atoms with Gasteiger partial charge in [0.1, 0.15) is 5.82 Å². The molecule has 3 heterocycles. The molecule has 2 N–H and O–H groups in total. The number of aromatic amines is 1. The number of carboxylic acid groups (broad SMARTS) is 1. The number of aryl methyl sites for hydroxylation is 1. The highest BCUT2D eigenvalue weighted by Crippen LogP contribution is 2.30. The van der Waals surface area contributed by atoms with Crippen LogP contribution in [0, 0.1) is 0 Å². The number of carbonyl (C=O) groups is 1. The van der Waals surface area contributed by atoms with Gasteiger partial charge in [0.05, 0.1) is 12.7 Å². The van der Waals surface area contributed by atoms with Crippen LogP contribution >= 0.6 is 0 Å². The van der Waals surface area contributed by atoms with Crippen LogP contribution < -0.4 is 4.74 Å². The van der Waals surface area contributed by atoms with Crippen LogP contribution in [-0.4, -0.2) is 51.3 Å². The van der Waals surface area contributed by atoms with Gasteiger partial charge >= 0.3 is 6.16 Å². The summed E-state index contributed by atoms with van der Waals surface area (Å²) in [6.07, 6.45) is 1.59. The first-order valence-electron chi connectivity index (χ1n) is 10.4. The molecule has 5 rings (SSSR count). The van der Waals surface area contributed by atoms with Crippen molar-refractivity contribution >= 4 is 11.8 Å². The van der Waals surface area contributed by atoms with Gasteiger partial charge < -0.3 is 14.4 Å². The van der Waals surface area contributed by atoms with Gasteiger partial charge in [-0.3, -0.25) is 0 Å². The Kier molecular flexibility index (Phi) is 5.27.